The number of nitrogens with zero attached hydrogens (tertiary/aromatic N) is 1. The van der Waals surface area contributed by atoms with E-state index in [1.54, 1.807) is 36.3 Å². The fourth-order valence-electron chi connectivity index (χ4n) is 2.83. The minimum Gasteiger partial charge on any atom is -0.495 e. The zero-order valence-electron chi connectivity index (χ0n) is 13.8. The largest absolute Gasteiger partial charge is 0.495 e. The number of ether oxygens (including phenoxy) is 2. The van der Waals surface area contributed by atoms with Crippen molar-refractivity contribution in [2.75, 3.05) is 18.6 Å². The first-order chi connectivity index (χ1) is 12.1. The van der Waals surface area contributed by atoms with Gasteiger partial charge in [-0.1, -0.05) is 41.9 Å². The van der Waals surface area contributed by atoms with Gasteiger partial charge < -0.3 is 14.4 Å². The Balaban J connectivity index is 1.66. The predicted molar refractivity (Wildman–Crippen MR) is 94.7 cm³/mol. The molecule has 1 saturated heterocycles. The van der Waals surface area contributed by atoms with Crippen LogP contribution in [-0.2, 0) is 20.9 Å². The molecule has 1 amide bonds. The van der Waals surface area contributed by atoms with E-state index in [4.69, 9.17) is 21.1 Å². The first-order valence-electron chi connectivity index (χ1n) is 7.93. The van der Waals surface area contributed by atoms with E-state index in [9.17, 15) is 9.59 Å². The predicted octanol–water partition coefficient (Wildman–Crippen LogP) is 3.44. The molecule has 1 heterocycles. The van der Waals surface area contributed by atoms with Gasteiger partial charge in [0.2, 0.25) is 5.91 Å². The van der Waals surface area contributed by atoms with Crippen molar-refractivity contribution in [3.05, 3.63) is 59.1 Å². The first-order valence-corrected chi connectivity index (χ1v) is 8.31. The third-order valence-electron chi connectivity index (χ3n) is 4.16. The summed E-state index contributed by atoms with van der Waals surface area (Å²) in [5.41, 5.74) is 1.40. The lowest BCUT2D eigenvalue weighted by Crippen LogP contribution is -2.26. The van der Waals surface area contributed by atoms with E-state index in [0.29, 0.717) is 16.5 Å². The van der Waals surface area contributed by atoms with E-state index in [2.05, 4.69) is 0 Å². The van der Waals surface area contributed by atoms with Crippen molar-refractivity contribution in [1.29, 1.82) is 0 Å². The van der Waals surface area contributed by atoms with E-state index in [0.717, 1.165) is 5.56 Å². The van der Waals surface area contributed by atoms with Gasteiger partial charge in [-0.3, -0.25) is 9.59 Å². The van der Waals surface area contributed by atoms with Gasteiger partial charge in [0, 0.05) is 23.6 Å². The first kappa shape index (κ1) is 17.3. The number of benzene rings is 2. The lowest BCUT2D eigenvalue weighted by Gasteiger charge is -2.19. The Bertz CT molecular complexity index is 792. The monoisotopic (exact) mass is 359 g/mol. The van der Waals surface area contributed by atoms with Crippen LogP contribution in [0.2, 0.25) is 5.02 Å². The minimum absolute atomic E-state index is 0.0951. The van der Waals surface area contributed by atoms with Crippen LogP contribution >= 0.6 is 11.6 Å². The Morgan fingerprint density at radius 1 is 1.20 bits per heavy atom. The number of para-hydroxylation sites is 2. The molecule has 130 valence electrons. The normalized spacial score (nSPS) is 16.8. The van der Waals surface area contributed by atoms with Gasteiger partial charge in [0.25, 0.3) is 0 Å². The molecule has 1 atom stereocenters. The van der Waals surface area contributed by atoms with E-state index >= 15 is 0 Å². The minimum atomic E-state index is -0.500. The molecule has 1 unspecified atom stereocenters. The van der Waals surface area contributed by atoms with Gasteiger partial charge in [0.05, 0.1) is 18.7 Å². The number of hydrogen-bond donors (Lipinski definition) is 0. The molecule has 0 aliphatic carbocycles. The van der Waals surface area contributed by atoms with E-state index in [-0.39, 0.29) is 25.5 Å². The molecule has 0 N–H and O–H groups in total. The average Bonchev–Trinajstić information content (AvgIpc) is 3.02. The third kappa shape index (κ3) is 3.77. The van der Waals surface area contributed by atoms with Gasteiger partial charge in [-0.05, 0) is 18.2 Å². The molecule has 2 aromatic carbocycles. The standard InChI is InChI=1S/C19H18ClNO4/c1-24-17-9-5-4-8-16(17)21-11-14(10-18(21)22)19(23)25-12-13-6-2-3-7-15(13)20/h2-9,14H,10-12H2,1H3. The highest BCUT2D eigenvalue weighted by molar-refractivity contribution is 6.31. The van der Waals surface area contributed by atoms with Crippen molar-refractivity contribution < 1.29 is 19.1 Å². The zero-order chi connectivity index (χ0) is 17.8. The third-order valence-corrected chi connectivity index (χ3v) is 4.53. The highest BCUT2D eigenvalue weighted by atomic mass is 35.5. The number of rotatable bonds is 5. The maximum absolute atomic E-state index is 12.3. The second kappa shape index (κ2) is 7.57. The molecule has 0 spiro atoms. The Kier molecular flexibility index (Phi) is 5.24. The second-order valence-corrected chi connectivity index (χ2v) is 6.18. The maximum atomic E-state index is 12.3. The van der Waals surface area contributed by atoms with Crippen LogP contribution in [0.1, 0.15) is 12.0 Å². The molecule has 1 aliphatic heterocycles. The molecule has 1 aliphatic rings. The molecule has 3 rings (SSSR count). The van der Waals surface area contributed by atoms with Gasteiger partial charge in [0.1, 0.15) is 12.4 Å². The lowest BCUT2D eigenvalue weighted by molar-refractivity contribution is -0.149. The number of hydrogen-bond acceptors (Lipinski definition) is 4. The topological polar surface area (TPSA) is 55.8 Å². The Labute approximate surface area is 151 Å². The lowest BCUT2D eigenvalue weighted by atomic mass is 10.1. The van der Waals surface area contributed by atoms with Crippen LogP contribution in [0, 0.1) is 5.92 Å². The molecule has 6 heteroatoms. The molecule has 0 saturated carbocycles. The molecule has 0 bridgehead atoms. The Morgan fingerprint density at radius 3 is 2.68 bits per heavy atom. The number of carbonyl (C=O) groups excluding carboxylic acids is 2. The molecule has 2 aromatic rings. The summed E-state index contributed by atoms with van der Waals surface area (Å²) in [5, 5.41) is 0.549. The summed E-state index contributed by atoms with van der Waals surface area (Å²) in [5.74, 6) is -0.421. The number of methoxy groups -OCH3 is 1. The fourth-order valence-corrected chi connectivity index (χ4v) is 3.02. The van der Waals surface area contributed by atoms with Crippen LogP contribution in [0.25, 0.3) is 0 Å². The summed E-state index contributed by atoms with van der Waals surface area (Å²) >= 11 is 6.06. The Morgan fingerprint density at radius 2 is 1.92 bits per heavy atom. The van der Waals surface area contributed by atoms with Crippen molar-refractivity contribution in [3.8, 4) is 5.75 Å². The summed E-state index contributed by atoms with van der Waals surface area (Å²) in [7, 11) is 1.55. The number of esters is 1. The average molecular weight is 360 g/mol. The van der Waals surface area contributed by atoms with Crippen LogP contribution < -0.4 is 9.64 Å². The summed E-state index contributed by atoms with van der Waals surface area (Å²) in [6, 6.07) is 14.4. The van der Waals surface area contributed by atoms with Crippen molar-refractivity contribution in [2.45, 2.75) is 13.0 Å². The molecule has 1 fully saturated rings. The Hall–Kier alpha value is -2.53. The van der Waals surface area contributed by atoms with E-state index in [1.165, 1.54) is 0 Å². The smallest absolute Gasteiger partial charge is 0.311 e. The van der Waals surface area contributed by atoms with Gasteiger partial charge in [-0.2, -0.15) is 0 Å². The highest BCUT2D eigenvalue weighted by Crippen LogP contribution is 2.33. The van der Waals surface area contributed by atoms with Crippen molar-refractivity contribution in [1.82, 2.24) is 0 Å². The zero-order valence-corrected chi connectivity index (χ0v) is 14.5. The van der Waals surface area contributed by atoms with Crippen molar-refractivity contribution in [3.63, 3.8) is 0 Å². The summed E-state index contributed by atoms with van der Waals surface area (Å²) in [6.45, 7) is 0.373. The summed E-state index contributed by atoms with van der Waals surface area (Å²) < 4.78 is 10.6. The second-order valence-electron chi connectivity index (χ2n) is 5.78. The summed E-state index contributed by atoms with van der Waals surface area (Å²) in [6.07, 6.45) is 0.124. The molecule has 0 aromatic heterocycles. The maximum Gasteiger partial charge on any atom is 0.311 e. The fraction of sp³-hybridized carbons (Fsp3) is 0.263. The number of amides is 1. The van der Waals surface area contributed by atoms with Crippen LogP contribution in [0.3, 0.4) is 0 Å². The molecule has 0 radical (unpaired) electrons. The van der Waals surface area contributed by atoms with E-state index < -0.39 is 11.9 Å². The van der Waals surface area contributed by atoms with Crippen molar-refractivity contribution in [2.24, 2.45) is 5.92 Å². The summed E-state index contributed by atoms with van der Waals surface area (Å²) in [4.78, 5) is 26.2. The van der Waals surface area contributed by atoms with E-state index in [1.807, 2.05) is 24.3 Å². The van der Waals surface area contributed by atoms with Gasteiger partial charge in [-0.25, -0.2) is 0 Å². The van der Waals surface area contributed by atoms with Crippen LogP contribution in [0.5, 0.6) is 5.75 Å². The van der Waals surface area contributed by atoms with Crippen molar-refractivity contribution >= 4 is 29.2 Å². The number of anilines is 1. The SMILES string of the molecule is COc1ccccc1N1CC(C(=O)OCc2ccccc2Cl)CC1=O. The van der Waals surface area contributed by atoms with Gasteiger partial charge in [-0.15, -0.1) is 0 Å². The highest BCUT2D eigenvalue weighted by Gasteiger charge is 2.37. The number of halogens is 1. The molecule has 25 heavy (non-hydrogen) atoms. The van der Waals surface area contributed by atoms with Gasteiger partial charge in [0.15, 0.2) is 0 Å². The van der Waals surface area contributed by atoms with Crippen LogP contribution in [0.4, 0.5) is 5.69 Å². The van der Waals surface area contributed by atoms with Gasteiger partial charge >= 0.3 is 5.97 Å². The number of carbonyl (C=O) groups is 2. The van der Waals surface area contributed by atoms with Crippen LogP contribution in [-0.4, -0.2) is 25.5 Å². The van der Waals surface area contributed by atoms with Crippen LogP contribution in [0.15, 0.2) is 48.5 Å². The molecular formula is C19H18ClNO4. The molecular weight excluding hydrogens is 342 g/mol. The quantitative estimate of drug-likeness (QED) is 0.767. The molecule has 5 nitrogen and oxygen atoms in total.